The Morgan fingerprint density at radius 2 is 1.96 bits per heavy atom. The Kier molecular flexibility index (Phi) is 6.18. The maximum absolute atomic E-state index is 12.4. The second kappa shape index (κ2) is 8.59. The van der Waals surface area contributed by atoms with Gasteiger partial charge in [0.1, 0.15) is 0 Å². The molecule has 2 N–H and O–H groups in total. The van der Waals surface area contributed by atoms with E-state index >= 15 is 0 Å². The molecule has 0 bridgehead atoms. The monoisotopic (exact) mass is 437 g/mol. The molecule has 0 spiro atoms. The first-order valence-corrected chi connectivity index (χ1v) is 9.57. The number of aromatic nitrogens is 3. The minimum Gasteiger partial charge on any atom is -0.324 e. The number of anilines is 1. The molecule has 28 heavy (non-hydrogen) atoms. The number of aromatic amines is 1. The summed E-state index contributed by atoms with van der Waals surface area (Å²) in [6.07, 6.45) is 0. The van der Waals surface area contributed by atoms with E-state index in [1.165, 1.54) is 18.2 Å². The molecule has 8 nitrogen and oxygen atoms in total. The van der Waals surface area contributed by atoms with E-state index in [0.29, 0.717) is 21.7 Å². The lowest BCUT2D eigenvalue weighted by atomic mass is 10.2. The minimum atomic E-state index is -0.558. The van der Waals surface area contributed by atoms with Crippen molar-refractivity contribution in [3.63, 3.8) is 0 Å². The van der Waals surface area contributed by atoms with Crippen LogP contribution in [0.25, 0.3) is 11.4 Å². The number of benzene rings is 2. The lowest BCUT2D eigenvalue weighted by Gasteiger charge is -2.11. The molecular formula is C17H13Cl2N5O3S. The van der Waals surface area contributed by atoms with E-state index in [2.05, 4.69) is 20.5 Å². The van der Waals surface area contributed by atoms with Gasteiger partial charge in [0.05, 0.1) is 20.9 Å². The first-order chi connectivity index (χ1) is 13.3. The number of hydrogen-bond donors (Lipinski definition) is 2. The molecule has 0 radical (unpaired) electrons. The van der Waals surface area contributed by atoms with Crippen LogP contribution < -0.4 is 5.32 Å². The number of nitro groups is 1. The lowest BCUT2D eigenvalue weighted by Crippen LogP contribution is -2.22. The predicted octanol–water partition coefficient (Wildman–Crippen LogP) is 4.81. The van der Waals surface area contributed by atoms with Crippen LogP contribution in [0.1, 0.15) is 6.92 Å². The molecule has 0 aliphatic carbocycles. The van der Waals surface area contributed by atoms with E-state index in [1.807, 2.05) is 12.1 Å². The van der Waals surface area contributed by atoms with Gasteiger partial charge in [-0.05, 0) is 37.3 Å². The molecule has 1 unspecified atom stereocenters. The highest BCUT2D eigenvalue weighted by Gasteiger charge is 2.19. The fourth-order valence-electron chi connectivity index (χ4n) is 2.20. The molecule has 1 amide bonds. The van der Waals surface area contributed by atoms with Crippen LogP contribution in [0.3, 0.4) is 0 Å². The Bertz CT molecular complexity index is 1030. The normalized spacial score (nSPS) is 11.8. The van der Waals surface area contributed by atoms with Crippen LogP contribution in [0.5, 0.6) is 0 Å². The van der Waals surface area contributed by atoms with Gasteiger partial charge in [-0.1, -0.05) is 35.0 Å². The Balaban J connectivity index is 1.65. The second-order valence-electron chi connectivity index (χ2n) is 5.64. The average molecular weight is 438 g/mol. The van der Waals surface area contributed by atoms with Crippen LogP contribution in [0.15, 0.2) is 47.6 Å². The van der Waals surface area contributed by atoms with Crippen molar-refractivity contribution in [1.82, 2.24) is 15.2 Å². The highest BCUT2D eigenvalue weighted by atomic mass is 35.5. The molecule has 1 atom stereocenters. The molecule has 1 aromatic heterocycles. The molecule has 144 valence electrons. The van der Waals surface area contributed by atoms with Gasteiger partial charge in [-0.25, -0.2) is 4.98 Å². The standard InChI is InChI=1S/C17H13Cl2N5O3S/c1-9(16(25)20-14-7-6-12(24(26)27)8-13(14)19)28-17-21-15(22-23-17)10-2-4-11(18)5-3-10/h2-9H,1H3,(H,20,25)(H,21,22,23). The molecule has 0 fully saturated rings. The fraction of sp³-hybridized carbons (Fsp3) is 0.118. The van der Waals surface area contributed by atoms with Gasteiger partial charge in [-0.3, -0.25) is 20.0 Å². The number of rotatable bonds is 6. The summed E-state index contributed by atoms with van der Waals surface area (Å²) in [7, 11) is 0. The molecule has 2 aromatic carbocycles. The van der Waals surface area contributed by atoms with Gasteiger partial charge in [-0.15, -0.1) is 5.10 Å². The van der Waals surface area contributed by atoms with Crippen molar-refractivity contribution in [2.24, 2.45) is 0 Å². The zero-order valence-electron chi connectivity index (χ0n) is 14.3. The van der Waals surface area contributed by atoms with Gasteiger partial charge in [0.25, 0.3) is 5.69 Å². The van der Waals surface area contributed by atoms with Crippen LogP contribution in [-0.2, 0) is 4.79 Å². The van der Waals surface area contributed by atoms with Crippen molar-refractivity contribution in [3.05, 3.63) is 62.6 Å². The van der Waals surface area contributed by atoms with Crippen molar-refractivity contribution in [2.75, 3.05) is 5.32 Å². The zero-order chi connectivity index (χ0) is 20.3. The third-order valence-corrected chi connectivity index (χ3v) is 5.18. The molecule has 0 saturated carbocycles. The van der Waals surface area contributed by atoms with Crippen molar-refractivity contribution in [3.8, 4) is 11.4 Å². The summed E-state index contributed by atoms with van der Waals surface area (Å²) in [6.45, 7) is 1.69. The SMILES string of the molecule is CC(Sc1n[nH]c(-c2ccc(Cl)cc2)n1)C(=O)Nc1ccc([N+](=O)[O-])cc1Cl. The van der Waals surface area contributed by atoms with Crippen LogP contribution >= 0.6 is 35.0 Å². The highest BCUT2D eigenvalue weighted by molar-refractivity contribution is 8.00. The van der Waals surface area contributed by atoms with Crippen molar-refractivity contribution < 1.29 is 9.72 Å². The summed E-state index contributed by atoms with van der Waals surface area (Å²) in [5.74, 6) is 0.226. The van der Waals surface area contributed by atoms with E-state index < -0.39 is 10.2 Å². The number of halogens is 2. The predicted molar refractivity (Wildman–Crippen MR) is 109 cm³/mol. The molecule has 3 rings (SSSR count). The smallest absolute Gasteiger partial charge is 0.271 e. The van der Waals surface area contributed by atoms with E-state index in [9.17, 15) is 14.9 Å². The van der Waals surface area contributed by atoms with E-state index in [0.717, 1.165) is 17.3 Å². The number of carbonyl (C=O) groups excluding carboxylic acids is 1. The molecule has 11 heteroatoms. The molecule has 0 aliphatic rings. The molecule has 0 saturated heterocycles. The number of nitrogens with one attached hydrogen (secondary N) is 2. The first-order valence-electron chi connectivity index (χ1n) is 7.93. The zero-order valence-corrected chi connectivity index (χ0v) is 16.7. The number of thioether (sulfide) groups is 1. The van der Waals surface area contributed by atoms with Gasteiger partial charge in [0.15, 0.2) is 5.82 Å². The summed E-state index contributed by atoms with van der Waals surface area (Å²) in [5, 5.41) is 20.9. The lowest BCUT2D eigenvalue weighted by molar-refractivity contribution is -0.384. The Morgan fingerprint density at radius 1 is 1.25 bits per heavy atom. The summed E-state index contributed by atoms with van der Waals surface area (Å²) in [5.41, 5.74) is 0.959. The summed E-state index contributed by atoms with van der Waals surface area (Å²) in [6, 6.07) is 11.0. The van der Waals surface area contributed by atoms with Gasteiger partial charge < -0.3 is 5.32 Å². The Labute approximate surface area is 173 Å². The van der Waals surface area contributed by atoms with Crippen LogP contribution in [0, 0.1) is 10.1 Å². The van der Waals surface area contributed by atoms with Crippen LogP contribution in [0.2, 0.25) is 10.0 Å². The van der Waals surface area contributed by atoms with Crippen LogP contribution in [0.4, 0.5) is 11.4 Å². The first kappa shape index (κ1) is 20.1. The number of H-pyrrole nitrogens is 1. The summed E-state index contributed by atoms with van der Waals surface area (Å²) in [4.78, 5) is 27.0. The molecular weight excluding hydrogens is 425 g/mol. The van der Waals surface area contributed by atoms with Gasteiger partial charge in [0.2, 0.25) is 11.1 Å². The average Bonchev–Trinajstić information content (AvgIpc) is 3.12. The molecule has 1 heterocycles. The maximum Gasteiger partial charge on any atom is 0.271 e. The van der Waals surface area contributed by atoms with Crippen molar-refractivity contribution in [1.29, 1.82) is 0 Å². The minimum absolute atomic E-state index is 0.0858. The van der Waals surface area contributed by atoms with Crippen molar-refractivity contribution in [2.45, 2.75) is 17.3 Å². The van der Waals surface area contributed by atoms with Gasteiger partial charge >= 0.3 is 0 Å². The Morgan fingerprint density at radius 3 is 2.61 bits per heavy atom. The number of non-ortho nitro benzene ring substituents is 1. The largest absolute Gasteiger partial charge is 0.324 e. The number of nitrogens with zero attached hydrogens (tertiary/aromatic N) is 3. The number of nitro benzene ring substituents is 1. The summed E-state index contributed by atoms with van der Waals surface area (Å²) < 4.78 is 0. The van der Waals surface area contributed by atoms with Gasteiger partial charge in [-0.2, -0.15) is 0 Å². The number of carbonyl (C=O) groups is 1. The second-order valence-corrected chi connectivity index (χ2v) is 7.80. The van der Waals surface area contributed by atoms with E-state index in [4.69, 9.17) is 23.2 Å². The van der Waals surface area contributed by atoms with E-state index in [-0.39, 0.29) is 16.6 Å². The number of amides is 1. The van der Waals surface area contributed by atoms with Gasteiger partial charge in [0, 0.05) is 22.7 Å². The number of hydrogen-bond acceptors (Lipinski definition) is 6. The molecule has 0 aliphatic heterocycles. The quantitative estimate of drug-likeness (QED) is 0.325. The van der Waals surface area contributed by atoms with Crippen LogP contribution in [-0.4, -0.2) is 31.3 Å². The fourth-order valence-corrected chi connectivity index (χ4v) is 3.27. The summed E-state index contributed by atoms with van der Waals surface area (Å²) >= 11 is 13.0. The Hall–Kier alpha value is -2.62. The highest BCUT2D eigenvalue weighted by Crippen LogP contribution is 2.28. The van der Waals surface area contributed by atoms with E-state index in [1.54, 1.807) is 19.1 Å². The third kappa shape index (κ3) is 4.80. The third-order valence-electron chi connectivity index (χ3n) is 3.66. The van der Waals surface area contributed by atoms with Crippen molar-refractivity contribution >= 4 is 52.2 Å². The maximum atomic E-state index is 12.4. The topological polar surface area (TPSA) is 114 Å². The molecule has 3 aromatic rings.